The summed E-state index contributed by atoms with van der Waals surface area (Å²) in [7, 11) is 0. The van der Waals surface area contributed by atoms with E-state index in [1.165, 1.54) is 42.3 Å². The average molecular weight is 238 g/mol. The molecule has 0 radical (unpaired) electrons. The summed E-state index contributed by atoms with van der Waals surface area (Å²) in [6.07, 6.45) is 7.19. The van der Waals surface area contributed by atoms with Crippen LogP contribution in [-0.2, 0) is 0 Å². The van der Waals surface area contributed by atoms with E-state index in [4.69, 9.17) is 0 Å². The Hall–Kier alpha value is -1.75. The summed E-state index contributed by atoms with van der Waals surface area (Å²) in [4.78, 5) is 0. The van der Waals surface area contributed by atoms with Crippen LogP contribution >= 0.6 is 0 Å². The maximum Gasteiger partial charge on any atom is 0.101 e. The van der Waals surface area contributed by atoms with Crippen LogP contribution in [0.25, 0.3) is 10.9 Å². The molecule has 0 bridgehead atoms. The molecule has 1 saturated carbocycles. The molecule has 1 aliphatic carbocycles. The number of hydrogen-bond acceptors (Lipinski definition) is 1. The fraction of sp³-hybridized carbons (Fsp3) is 0.438. The van der Waals surface area contributed by atoms with Gasteiger partial charge in [0.25, 0.3) is 0 Å². The summed E-state index contributed by atoms with van der Waals surface area (Å²) in [5.41, 5.74) is 4.63. The lowest BCUT2D eigenvalue weighted by molar-refractivity contribution is 0.535. The quantitative estimate of drug-likeness (QED) is 0.730. The van der Waals surface area contributed by atoms with E-state index in [-0.39, 0.29) is 0 Å². The Kier molecular flexibility index (Phi) is 2.63. The monoisotopic (exact) mass is 238 g/mol. The number of rotatable bonds is 1. The third kappa shape index (κ3) is 1.62. The minimum atomic E-state index is 0.594. The molecule has 0 amide bonds. The van der Waals surface area contributed by atoms with Crippen molar-refractivity contribution < 1.29 is 0 Å². The van der Waals surface area contributed by atoms with Crippen molar-refractivity contribution in [3.05, 3.63) is 35.0 Å². The summed E-state index contributed by atoms with van der Waals surface area (Å²) in [5, 5.41) is 10.4. The molecule has 0 N–H and O–H groups in total. The Bertz CT molecular complexity index is 637. The van der Waals surface area contributed by atoms with Gasteiger partial charge in [-0.15, -0.1) is 0 Å². The third-order valence-electron chi connectivity index (χ3n) is 4.29. The molecule has 92 valence electrons. The van der Waals surface area contributed by atoms with Crippen LogP contribution in [0, 0.1) is 25.2 Å². The van der Waals surface area contributed by atoms with Gasteiger partial charge in [-0.25, -0.2) is 0 Å². The Morgan fingerprint density at radius 3 is 2.50 bits per heavy atom. The summed E-state index contributed by atoms with van der Waals surface area (Å²) in [5.74, 6) is 0. The Morgan fingerprint density at radius 2 is 1.83 bits per heavy atom. The second kappa shape index (κ2) is 4.17. The highest BCUT2D eigenvalue weighted by Gasteiger charge is 2.20. The van der Waals surface area contributed by atoms with E-state index in [2.05, 4.69) is 42.8 Å². The highest BCUT2D eigenvalue weighted by Crippen LogP contribution is 2.35. The topological polar surface area (TPSA) is 28.7 Å². The minimum Gasteiger partial charge on any atom is -0.343 e. The molecule has 2 heteroatoms. The van der Waals surface area contributed by atoms with Gasteiger partial charge in [0.1, 0.15) is 6.07 Å². The van der Waals surface area contributed by atoms with Crippen molar-refractivity contribution in [2.45, 2.75) is 45.6 Å². The largest absolute Gasteiger partial charge is 0.343 e. The molecule has 0 atom stereocenters. The molecular formula is C16H18N2. The van der Waals surface area contributed by atoms with E-state index < -0.39 is 0 Å². The molecular weight excluding hydrogens is 220 g/mol. The number of aryl methyl sites for hydroxylation is 2. The van der Waals surface area contributed by atoms with Gasteiger partial charge in [0.2, 0.25) is 0 Å². The fourth-order valence-electron chi connectivity index (χ4n) is 3.08. The number of fused-ring (bicyclic) bond motifs is 1. The molecule has 0 aliphatic heterocycles. The van der Waals surface area contributed by atoms with Gasteiger partial charge in [0.05, 0.1) is 5.56 Å². The summed E-state index contributed by atoms with van der Waals surface area (Å²) >= 11 is 0. The molecule has 2 nitrogen and oxygen atoms in total. The maximum atomic E-state index is 9.29. The van der Waals surface area contributed by atoms with Crippen LogP contribution < -0.4 is 0 Å². The summed E-state index contributed by atoms with van der Waals surface area (Å²) in [6.45, 7) is 4.26. The predicted octanol–water partition coefficient (Wildman–Crippen LogP) is 4.24. The first-order valence-corrected chi connectivity index (χ1v) is 6.72. The van der Waals surface area contributed by atoms with Crippen molar-refractivity contribution in [2.24, 2.45) is 0 Å². The first kappa shape index (κ1) is 11.3. The third-order valence-corrected chi connectivity index (χ3v) is 4.29. The first-order valence-electron chi connectivity index (χ1n) is 6.72. The minimum absolute atomic E-state index is 0.594. The molecule has 1 heterocycles. The number of nitriles is 1. The van der Waals surface area contributed by atoms with Crippen molar-refractivity contribution in [1.82, 2.24) is 4.57 Å². The molecule has 2 aromatic rings. The van der Waals surface area contributed by atoms with Crippen molar-refractivity contribution >= 4 is 10.9 Å². The Morgan fingerprint density at radius 1 is 1.17 bits per heavy atom. The van der Waals surface area contributed by atoms with Crippen LogP contribution in [0.3, 0.4) is 0 Å². The highest BCUT2D eigenvalue weighted by atomic mass is 15.0. The Balaban J connectivity index is 2.26. The van der Waals surface area contributed by atoms with Gasteiger partial charge in [-0.05, 0) is 49.9 Å². The molecule has 18 heavy (non-hydrogen) atoms. The average Bonchev–Trinajstić information content (AvgIpc) is 2.97. The fourth-order valence-corrected chi connectivity index (χ4v) is 3.08. The van der Waals surface area contributed by atoms with E-state index in [0.717, 1.165) is 10.9 Å². The summed E-state index contributed by atoms with van der Waals surface area (Å²) < 4.78 is 2.34. The number of benzene rings is 1. The van der Waals surface area contributed by atoms with Gasteiger partial charge < -0.3 is 4.57 Å². The number of aromatic nitrogens is 1. The predicted molar refractivity (Wildman–Crippen MR) is 73.6 cm³/mol. The van der Waals surface area contributed by atoms with Crippen LogP contribution in [0.5, 0.6) is 0 Å². The van der Waals surface area contributed by atoms with E-state index in [1.54, 1.807) is 0 Å². The van der Waals surface area contributed by atoms with Crippen molar-refractivity contribution in [3.8, 4) is 6.07 Å². The smallest absolute Gasteiger partial charge is 0.101 e. The van der Waals surface area contributed by atoms with Crippen molar-refractivity contribution in [3.63, 3.8) is 0 Å². The number of hydrogen-bond donors (Lipinski definition) is 0. The van der Waals surface area contributed by atoms with Gasteiger partial charge in [-0.3, -0.25) is 0 Å². The van der Waals surface area contributed by atoms with Crippen LogP contribution in [0.2, 0.25) is 0 Å². The van der Waals surface area contributed by atoms with Gasteiger partial charge in [-0.2, -0.15) is 5.26 Å². The second-order valence-corrected chi connectivity index (χ2v) is 5.45. The van der Waals surface area contributed by atoms with E-state index in [9.17, 15) is 5.26 Å². The Labute approximate surface area is 108 Å². The van der Waals surface area contributed by atoms with Crippen LogP contribution in [-0.4, -0.2) is 4.57 Å². The maximum absolute atomic E-state index is 9.29. The van der Waals surface area contributed by atoms with E-state index in [0.29, 0.717) is 6.04 Å². The molecule has 0 saturated heterocycles. The van der Waals surface area contributed by atoms with E-state index in [1.807, 2.05) is 0 Å². The van der Waals surface area contributed by atoms with Gasteiger partial charge in [0.15, 0.2) is 0 Å². The molecule has 1 aromatic carbocycles. The zero-order valence-corrected chi connectivity index (χ0v) is 11.0. The molecule has 3 rings (SSSR count). The molecule has 1 aromatic heterocycles. The lowest BCUT2D eigenvalue weighted by atomic mass is 10.1. The molecule has 0 spiro atoms. The SMILES string of the molecule is Cc1cc2c(C#N)cn(C3CCCC3)c2cc1C. The van der Waals surface area contributed by atoms with Crippen molar-refractivity contribution in [1.29, 1.82) is 5.26 Å². The normalized spacial score (nSPS) is 16.3. The molecule has 0 unspecified atom stereocenters. The zero-order valence-electron chi connectivity index (χ0n) is 11.0. The second-order valence-electron chi connectivity index (χ2n) is 5.45. The zero-order chi connectivity index (χ0) is 12.7. The lowest BCUT2D eigenvalue weighted by Crippen LogP contribution is -2.02. The van der Waals surface area contributed by atoms with Crippen LogP contribution in [0.15, 0.2) is 18.3 Å². The van der Waals surface area contributed by atoms with E-state index >= 15 is 0 Å². The number of nitrogens with zero attached hydrogens (tertiary/aromatic N) is 2. The van der Waals surface area contributed by atoms with Gasteiger partial charge in [0, 0.05) is 23.1 Å². The summed E-state index contributed by atoms with van der Waals surface area (Å²) in [6, 6.07) is 7.34. The van der Waals surface area contributed by atoms with Gasteiger partial charge in [-0.1, -0.05) is 12.8 Å². The van der Waals surface area contributed by atoms with Crippen molar-refractivity contribution in [2.75, 3.05) is 0 Å². The van der Waals surface area contributed by atoms with Gasteiger partial charge >= 0.3 is 0 Å². The standard InChI is InChI=1S/C16H18N2/c1-11-7-15-13(9-17)10-18(14-5-3-4-6-14)16(15)8-12(11)2/h7-8,10,14H,3-6H2,1-2H3. The molecule has 1 aliphatic rings. The lowest BCUT2D eigenvalue weighted by Gasteiger charge is -2.13. The van der Waals surface area contributed by atoms with Crippen LogP contribution in [0.4, 0.5) is 0 Å². The first-order chi connectivity index (χ1) is 8.70. The highest BCUT2D eigenvalue weighted by molar-refractivity contribution is 5.88. The van der Waals surface area contributed by atoms with Crippen LogP contribution in [0.1, 0.15) is 48.4 Å². The molecule has 1 fully saturated rings.